The van der Waals surface area contributed by atoms with Crippen LogP contribution in [0.25, 0.3) is 0 Å². The third-order valence-electron chi connectivity index (χ3n) is 3.10. The minimum atomic E-state index is -0.393. The van der Waals surface area contributed by atoms with Crippen molar-refractivity contribution in [2.75, 3.05) is 6.54 Å². The lowest BCUT2D eigenvalue weighted by atomic mass is 10.3. The van der Waals surface area contributed by atoms with Crippen LogP contribution in [0.15, 0.2) is 18.6 Å². The Morgan fingerprint density at radius 1 is 1.43 bits per heavy atom. The molecular formula is C13H17Cl2N5O. The first kappa shape index (κ1) is 15.9. The van der Waals surface area contributed by atoms with Gasteiger partial charge in [0.25, 0.3) is 0 Å². The molecule has 114 valence electrons. The maximum Gasteiger partial charge on any atom is 0.244 e. The maximum absolute atomic E-state index is 12.0. The zero-order chi connectivity index (χ0) is 15.4. The third-order valence-corrected chi connectivity index (χ3v) is 3.66. The van der Waals surface area contributed by atoms with Crippen molar-refractivity contribution in [3.05, 3.63) is 34.3 Å². The number of aromatic nitrogens is 4. The van der Waals surface area contributed by atoms with Gasteiger partial charge in [0.2, 0.25) is 5.91 Å². The van der Waals surface area contributed by atoms with Gasteiger partial charge in [-0.1, -0.05) is 23.2 Å². The lowest BCUT2D eigenvalue weighted by Crippen LogP contribution is -2.32. The quantitative estimate of drug-likeness (QED) is 0.828. The van der Waals surface area contributed by atoms with Crippen LogP contribution in [0.5, 0.6) is 0 Å². The number of rotatable bonds is 6. The maximum atomic E-state index is 12.0. The van der Waals surface area contributed by atoms with E-state index >= 15 is 0 Å². The standard InChI is InChI=1S/C13H17Cl2N5O/c1-9-12(15)8-20(18-9)10(2)13(21)16-4-3-5-19-7-11(14)6-17-19/h6-8,10H,3-5H2,1-2H3,(H,16,21). The summed E-state index contributed by atoms with van der Waals surface area (Å²) < 4.78 is 3.31. The molecule has 0 aliphatic heterocycles. The number of halogens is 2. The molecule has 1 atom stereocenters. The Morgan fingerprint density at radius 3 is 2.76 bits per heavy atom. The van der Waals surface area contributed by atoms with Crippen molar-refractivity contribution < 1.29 is 4.79 Å². The number of aryl methyl sites for hydroxylation is 2. The number of hydrogen-bond donors (Lipinski definition) is 1. The molecule has 0 aliphatic rings. The Labute approximate surface area is 133 Å². The number of nitrogens with one attached hydrogen (secondary N) is 1. The van der Waals surface area contributed by atoms with E-state index in [0.29, 0.717) is 28.8 Å². The van der Waals surface area contributed by atoms with Crippen molar-refractivity contribution in [1.82, 2.24) is 24.9 Å². The van der Waals surface area contributed by atoms with Crippen molar-refractivity contribution >= 4 is 29.1 Å². The highest BCUT2D eigenvalue weighted by Crippen LogP contribution is 2.15. The van der Waals surface area contributed by atoms with Gasteiger partial charge >= 0.3 is 0 Å². The molecule has 0 saturated heterocycles. The molecule has 2 heterocycles. The lowest BCUT2D eigenvalue weighted by Gasteiger charge is -2.12. The van der Waals surface area contributed by atoms with Crippen molar-refractivity contribution in [2.24, 2.45) is 0 Å². The van der Waals surface area contributed by atoms with E-state index in [0.717, 1.165) is 6.42 Å². The van der Waals surface area contributed by atoms with Crippen LogP contribution >= 0.6 is 23.2 Å². The van der Waals surface area contributed by atoms with Crippen molar-refractivity contribution in [3.63, 3.8) is 0 Å². The van der Waals surface area contributed by atoms with Crippen molar-refractivity contribution in [2.45, 2.75) is 32.9 Å². The lowest BCUT2D eigenvalue weighted by molar-refractivity contribution is -0.124. The van der Waals surface area contributed by atoms with Crippen LogP contribution in [0.2, 0.25) is 10.0 Å². The predicted octanol–water partition coefficient (Wildman–Crippen LogP) is 2.46. The summed E-state index contributed by atoms with van der Waals surface area (Å²) in [4.78, 5) is 12.0. The van der Waals surface area contributed by atoms with E-state index in [-0.39, 0.29) is 5.91 Å². The summed E-state index contributed by atoms with van der Waals surface area (Å²) >= 11 is 11.7. The number of carbonyl (C=O) groups excluding carboxylic acids is 1. The van der Waals surface area contributed by atoms with Crippen LogP contribution in [0, 0.1) is 6.92 Å². The van der Waals surface area contributed by atoms with Gasteiger partial charge in [0.15, 0.2) is 0 Å². The molecule has 2 aromatic heterocycles. The van der Waals surface area contributed by atoms with Crippen LogP contribution in [0.4, 0.5) is 0 Å². The Balaban J connectivity index is 1.76. The van der Waals surface area contributed by atoms with Gasteiger partial charge in [0.1, 0.15) is 6.04 Å². The zero-order valence-corrected chi connectivity index (χ0v) is 13.4. The van der Waals surface area contributed by atoms with E-state index in [1.165, 1.54) is 0 Å². The molecule has 2 rings (SSSR count). The average Bonchev–Trinajstić information content (AvgIpc) is 3.00. The highest BCUT2D eigenvalue weighted by molar-refractivity contribution is 6.31. The second-order valence-electron chi connectivity index (χ2n) is 4.78. The first-order chi connectivity index (χ1) is 9.97. The van der Waals surface area contributed by atoms with Crippen LogP contribution in [0.1, 0.15) is 25.1 Å². The molecule has 1 unspecified atom stereocenters. The topological polar surface area (TPSA) is 64.7 Å². The minimum Gasteiger partial charge on any atom is -0.354 e. The molecule has 0 fully saturated rings. The van der Waals surface area contributed by atoms with E-state index in [2.05, 4.69) is 15.5 Å². The van der Waals surface area contributed by atoms with Gasteiger partial charge in [-0.3, -0.25) is 14.2 Å². The van der Waals surface area contributed by atoms with Gasteiger partial charge in [-0.2, -0.15) is 10.2 Å². The van der Waals surface area contributed by atoms with Crippen LogP contribution in [-0.2, 0) is 11.3 Å². The Bertz CT molecular complexity index is 602. The zero-order valence-electron chi connectivity index (χ0n) is 11.9. The highest BCUT2D eigenvalue weighted by Gasteiger charge is 2.16. The SMILES string of the molecule is Cc1nn(C(C)C(=O)NCCCn2cc(Cl)cn2)cc1Cl. The molecule has 2 aromatic rings. The molecule has 0 aliphatic carbocycles. The van der Waals surface area contributed by atoms with Gasteiger partial charge in [0.05, 0.1) is 21.9 Å². The molecule has 8 heteroatoms. The van der Waals surface area contributed by atoms with E-state index < -0.39 is 6.04 Å². The molecule has 0 aromatic carbocycles. The molecule has 0 spiro atoms. The summed E-state index contributed by atoms with van der Waals surface area (Å²) in [5.74, 6) is -0.0901. The molecule has 0 saturated carbocycles. The van der Waals surface area contributed by atoms with Crippen LogP contribution in [0.3, 0.4) is 0 Å². The monoisotopic (exact) mass is 329 g/mol. The highest BCUT2D eigenvalue weighted by atomic mass is 35.5. The van der Waals surface area contributed by atoms with Gasteiger partial charge in [-0.15, -0.1) is 0 Å². The van der Waals surface area contributed by atoms with E-state index in [9.17, 15) is 4.79 Å². The largest absolute Gasteiger partial charge is 0.354 e. The summed E-state index contributed by atoms with van der Waals surface area (Å²) in [6.45, 7) is 4.85. The fourth-order valence-electron chi connectivity index (χ4n) is 1.84. The summed E-state index contributed by atoms with van der Waals surface area (Å²) in [7, 11) is 0. The van der Waals surface area contributed by atoms with Gasteiger partial charge in [-0.05, 0) is 20.3 Å². The number of nitrogens with zero attached hydrogens (tertiary/aromatic N) is 4. The van der Waals surface area contributed by atoms with E-state index in [1.807, 2.05) is 0 Å². The number of amides is 1. The molecule has 1 N–H and O–H groups in total. The average molecular weight is 330 g/mol. The Hall–Kier alpha value is -1.53. The molecular weight excluding hydrogens is 313 g/mol. The second kappa shape index (κ2) is 6.95. The third kappa shape index (κ3) is 4.22. The second-order valence-corrected chi connectivity index (χ2v) is 5.63. The van der Waals surface area contributed by atoms with Gasteiger partial charge < -0.3 is 5.32 Å². The Morgan fingerprint density at radius 2 is 2.19 bits per heavy atom. The predicted molar refractivity (Wildman–Crippen MR) is 81.5 cm³/mol. The van der Waals surface area contributed by atoms with Crippen LogP contribution < -0.4 is 5.32 Å². The number of carbonyl (C=O) groups is 1. The summed E-state index contributed by atoms with van der Waals surface area (Å²) in [5, 5.41) is 12.3. The smallest absolute Gasteiger partial charge is 0.244 e. The minimum absolute atomic E-state index is 0.0901. The van der Waals surface area contributed by atoms with Crippen molar-refractivity contribution in [3.8, 4) is 0 Å². The molecule has 0 radical (unpaired) electrons. The van der Waals surface area contributed by atoms with E-state index in [4.69, 9.17) is 23.2 Å². The summed E-state index contributed by atoms with van der Waals surface area (Å²) in [6.07, 6.45) is 5.77. The molecule has 21 heavy (non-hydrogen) atoms. The molecule has 1 amide bonds. The fraction of sp³-hybridized carbons (Fsp3) is 0.462. The first-order valence-electron chi connectivity index (χ1n) is 6.64. The normalized spacial score (nSPS) is 12.4. The van der Waals surface area contributed by atoms with E-state index in [1.54, 1.807) is 41.8 Å². The fourth-order valence-corrected chi connectivity index (χ4v) is 2.13. The summed E-state index contributed by atoms with van der Waals surface area (Å²) in [5.41, 5.74) is 0.715. The number of hydrogen-bond acceptors (Lipinski definition) is 3. The molecule has 6 nitrogen and oxygen atoms in total. The Kier molecular flexibility index (Phi) is 5.25. The van der Waals surface area contributed by atoms with Crippen LogP contribution in [-0.4, -0.2) is 32.0 Å². The van der Waals surface area contributed by atoms with Gasteiger partial charge in [0, 0.05) is 25.5 Å². The van der Waals surface area contributed by atoms with Crippen molar-refractivity contribution in [1.29, 1.82) is 0 Å². The summed E-state index contributed by atoms with van der Waals surface area (Å²) in [6, 6.07) is -0.393. The molecule has 0 bridgehead atoms. The first-order valence-corrected chi connectivity index (χ1v) is 7.40. The van der Waals surface area contributed by atoms with Gasteiger partial charge in [-0.25, -0.2) is 0 Å².